The highest BCUT2D eigenvalue weighted by atomic mass is 19.1. The van der Waals surface area contributed by atoms with Gasteiger partial charge in [-0.1, -0.05) is 6.92 Å². The van der Waals surface area contributed by atoms with E-state index in [1.807, 2.05) is 13.0 Å². The van der Waals surface area contributed by atoms with Crippen molar-refractivity contribution in [2.45, 2.75) is 25.8 Å². The molecule has 1 rings (SSSR count). The normalized spacial score (nSPS) is 12.5. The van der Waals surface area contributed by atoms with Gasteiger partial charge in [0.05, 0.1) is 6.61 Å². The zero-order valence-electron chi connectivity index (χ0n) is 10.4. The van der Waals surface area contributed by atoms with Crippen molar-refractivity contribution in [2.75, 3.05) is 20.3 Å². The molecule has 1 unspecified atom stereocenters. The molecule has 0 amide bonds. The zero-order chi connectivity index (χ0) is 12.7. The summed E-state index contributed by atoms with van der Waals surface area (Å²) in [5, 5.41) is 0. The molecule has 1 aromatic carbocycles. The van der Waals surface area contributed by atoms with Crippen molar-refractivity contribution in [1.82, 2.24) is 0 Å². The Morgan fingerprint density at radius 2 is 2.06 bits per heavy atom. The summed E-state index contributed by atoms with van der Waals surface area (Å²) < 4.78 is 23.6. The van der Waals surface area contributed by atoms with Crippen LogP contribution in [0.2, 0.25) is 0 Å². The van der Waals surface area contributed by atoms with Crippen LogP contribution in [-0.4, -0.2) is 26.4 Å². The van der Waals surface area contributed by atoms with Gasteiger partial charge in [-0.15, -0.1) is 0 Å². The average Bonchev–Trinajstić information content (AvgIpc) is 2.28. The lowest BCUT2D eigenvalue weighted by Crippen LogP contribution is -2.21. The molecule has 0 spiro atoms. The van der Waals surface area contributed by atoms with Gasteiger partial charge < -0.3 is 15.2 Å². The first kappa shape index (κ1) is 13.9. The standard InChI is InChI=1S/C13H20FNO2/c1-3-12(15)7-10-6-11(14)9-13(8-10)17-5-4-16-2/h6,8-9,12H,3-5,7,15H2,1-2H3. The highest BCUT2D eigenvalue weighted by Gasteiger charge is 2.06. The number of ether oxygens (including phenoxy) is 2. The summed E-state index contributed by atoms with van der Waals surface area (Å²) in [5.41, 5.74) is 6.71. The second kappa shape index (κ2) is 7.25. The third kappa shape index (κ3) is 5.15. The molecule has 4 heteroatoms. The first-order valence-electron chi connectivity index (χ1n) is 5.82. The van der Waals surface area contributed by atoms with Gasteiger partial charge in [0.15, 0.2) is 0 Å². The van der Waals surface area contributed by atoms with Crippen molar-refractivity contribution < 1.29 is 13.9 Å². The smallest absolute Gasteiger partial charge is 0.127 e. The summed E-state index contributed by atoms with van der Waals surface area (Å²) in [6.45, 7) is 2.92. The Morgan fingerprint density at radius 3 is 2.71 bits per heavy atom. The van der Waals surface area contributed by atoms with E-state index in [2.05, 4.69) is 0 Å². The van der Waals surface area contributed by atoms with Crippen LogP contribution < -0.4 is 10.5 Å². The van der Waals surface area contributed by atoms with Crippen molar-refractivity contribution in [3.05, 3.63) is 29.6 Å². The van der Waals surface area contributed by atoms with E-state index in [-0.39, 0.29) is 11.9 Å². The summed E-state index contributed by atoms with van der Waals surface area (Å²) in [5.74, 6) is 0.235. The van der Waals surface area contributed by atoms with Crippen LogP contribution in [0.3, 0.4) is 0 Å². The SMILES string of the molecule is CCC(N)Cc1cc(F)cc(OCCOC)c1. The highest BCUT2D eigenvalue weighted by Crippen LogP contribution is 2.17. The Morgan fingerprint density at radius 1 is 1.29 bits per heavy atom. The molecule has 0 bridgehead atoms. The maximum atomic E-state index is 13.3. The van der Waals surface area contributed by atoms with Gasteiger partial charge in [0, 0.05) is 19.2 Å². The summed E-state index contributed by atoms with van der Waals surface area (Å²) in [6, 6.07) is 4.76. The largest absolute Gasteiger partial charge is 0.491 e. The molecule has 1 atom stereocenters. The van der Waals surface area contributed by atoms with Gasteiger partial charge in [0.1, 0.15) is 18.2 Å². The van der Waals surface area contributed by atoms with E-state index >= 15 is 0 Å². The molecule has 0 aliphatic heterocycles. The van der Waals surface area contributed by atoms with E-state index < -0.39 is 0 Å². The Labute approximate surface area is 102 Å². The molecular weight excluding hydrogens is 221 g/mol. The molecule has 0 saturated heterocycles. The van der Waals surface area contributed by atoms with Crippen molar-refractivity contribution in [1.29, 1.82) is 0 Å². The van der Waals surface area contributed by atoms with Gasteiger partial charge in [0.2, 0.25) is 0 Å². The molecule has 3 nitrogen and oxygen atoms in total. The van der Waals surface area contributed by atoms with Gasteiger partial charge in [-0.3, -0.25) is 0 Å². The zero-order valence-corrected chi connectivity index (χ0v) is 10.4. The van der Waals surface area contributed by atoms with Gasteiger partial charge in [-0.2, -0.15) is 0 Å². The number of nitrogens with two attached hydrogens (primary N) is 1. The van der Waals surface area contributed by atoms with Crippen molar-refractivity contribution in [3.63, 3.8) is 0 Å². The Balaban J connectivity index is 2.65. The fourth-order valence-electron chi connectivity index (χ4n) is 1.51. The Bertz CT molecular complexity index is 344. The number of hydrogen-bond acceptors (Lipinski definition) is 3. The van der Waals surface area contributed by atoms with Crippen LogP contribution in [0.1, 0.15) is 18.9 Å². The molecule has 0 aliphatic carbocycles. The van der Waals surface area contributed by atoms with Crippen LogP contribution in [0, 0.1) is 5.82 Å². The molecule has 0 aliphatic rings. The topological polar surface area (TPSA) is 44.5 Å². The van der Waals surface area contributed by atoms with Gasteiger partial charge in [0.25, 0.3) is 0 Å². The Hall–Kier alpha value is -1.13. The lowest BCUT2D eigenvalue weighted by molar-refractivity contribution is 0.146. The fraction of sp³-hybridized carbons (Fsp3) is 0.538. The first-order chi connectivity index (χ1) is 8.15. The second-order valence-electron chi connectivity index (χ2n) is 4.01. The minimum atomic E-state index is -0.293. The summed E-state index contributed by atoms with van der Waals surface area (Å²) >= 11 is 0. The van der Waals surface area contributed by atoms with Crippen molar-refractivity contribution in [3.8, 4) is 5.75 Å². The summed E-state index contributed by atoms with van der Waals surface area (Å²) in [6.07, 6.45) is 1.53. The highest BCUT2D eigenvalue weighted by molar-refractivity contribution is 5.30. The maximum absolute atomic E-state index is 13.3. The minimum absolute atomic E-state index is 0.0589. The molecule has 1 aromatic rings. The maximum Gasteiger partial charge on any atom is 0.127 e. The molecule has 2 N–H and O–H groups in total. The predicted octanol–water partition coefficient (Wildman–Crippen LogP) is 2.13. The minimum Gasteiger partial charge on any atom is -0.491 e. The van der Waals surface area contributed by atoms with E-state index in [0.29, 0.717) is 25.4 Å². The molecular formula is C13H20FNO2. The number of rotatable bonds is 7. The third-order valence-electron chi connectivity index (χ3n) is 2.51. The van der Waals surface area contributed by atoms with E-state index in [1.165, 1.54) is 12.1 Å². The number of halogens is 1. The number of hydrogen-bond donors (Lipinski definition) is 1. The predicted molar refractivity (Wildman–Crippen MR) is 65.7 cm³/mol. The molecule has 0 aromatic heterocycles. The van der Waals surface area contributed by atoms with Crippen molar-refractivity contribution in [2.24, 2.45) is 5.73 Å². The van der Waals surface area contributed by atoms with Crippen molar-refractivity contribution >= 4 is 0 Å². The molecule has 0 fully saturated rings. The average molecular weight is 241 g/mol. The number of methoxy groups -OCH3 is 1. The Kier molecular flexibility index (Phi) is 5.94. The third-order valence-corrected chi connectivity index (χ3v) is 2.51. The van der Waals surface area contributed by atoms with E-state index in [9.17, 15) is 4.39 Å². The van der Waals surface area contributed by atoms with E-state index in [4.69, 9.17) is 15.2 Å². The molecule has 0 saturated carbocycles. The van der Waals surface area contributed by atoms with E-state index in [0.717, 1.165) is 12.0 Å². The van der Waals surface area contributed by atoms with Crippen LogP contribution in [0.15, 0.2) is 18.2 Å². The molecule has 96 valence electrons. The van der Waals surface area contributed by atoms with Crippen LogP contribution in [0.5, 0.6) is 5.75 Å². The second-order valence-corrected chi connectivity index (χ2v) is 4.01. The van der Waals surface area contributed by atoms with Crippen LogP contribution >= 0.6 is 0 Å². The van der Waals surface area contributed by atoms with E-state index in [1.54, 1.807) is 7.11 Å². The van der Waals surface area contributed by atoms with Crippen LogP contribution in [0.4, 0.5) is 4.39 Å². The summed E-state index contributed by atoms with van der Waals surface area (Å²) in [4.78, 5) is 0. The van der Waals surface area contributed by atoms with Gasteiger partial charge >= 0.3 is 0 Å². The van der Waals surface area contributed by atoms with Gasteiger partial charge in [-0.25, -0.2) is 4.39 Å². The molecule has 0 heterocycles. The molecule has 17 heavy (non-hydrogen) atoms. The number of benzene rings is 1. The quantitative estimate of drug-likeness (QED) is 0.744. The lowest BCUT2D eigenvalue weighted by Gasteiger charge is -2.11. The summed E-state index contributed by atoms with van der Waals surface area (Å²) in [7, 11) is 1.60. The molecule has 0 radical (unpaired) electrons. The van der Waals surface area contributed by atoms with Crippen LogP contribution in [-0.2, 0) is 11.2 Å². The monoisotopic (exact) mass is 241 g/mol. The van der Waals surface area contributed by atoms with Gasteiger partial charge in [-0.05, 0) is 30.5 Å². The fourth-order valence-corrected chi connectivity index (χ4v) is 1.51. The lowest BCUT2D eigenvalue weighted by atomic mass is 10.0. The van der Waals surface area contributed by atoms with Crippen LogP contribution in [0.25, 0.3) is 0 Å². The first-order valence-corrected chi connectivity index (χ1v) is 5.82.